The van der Waals surface area contributed by atoms with Gasteiger partial charge in [-0.25, -0.2) is 0 Å². The summed E-state index contributed by atoms with van der Waals surface area (Å²) < 4.78 is 15.8. The Hall–Kier alpha value is -3.20. The molecular formula is C20H22N2O4. The second-order valence-electron chi connectivity index (χ2n) is 5.42. The van der Waals surface area contributed by atoms with Crippen LogP contribution in [-0.4, -0.2) is 38.3 Å². The van der Waals surface area contributed by atoms with Crippen LogP contribution in [0.2, 0.25) is 0 Å². The first-order valence-corrected chi connectivity index (χ1v) is 8.11. The van der Waals surface area contributed by atoms with Crippen molar-refractivity contribution in [3.63, 3.8) is 0 Å². The number of nitrogens with one attached hydrogen (secondary N) is 1. The van der Waals surface area contributed by atoms with Crippen molar-refractivity contribution in [1.29, 1.82) is 0 Å². The quantitative estimate of drug-likeness (QED) is 0.772. The summed E-state index contributed by atoms with van der Waals surface area (Å²) in [4.78, 5) is 16.1. The molecule has 0 saturated heterocycles. The summed E-state index contributed by atoms with van der Waals surface area (Å²) in [5, 5.41) is 2.75. The molecule has 0 aliphatic heterocycles. The zero-order chi connectivity index (χ0) is 18.8. The van der Waals surface area contributed by atoms with E-state index >= 15 is 0 Å². The average Bonchev–Trinajstić information content (AvgIpc) is 2.65. The van der Waals surface area contributed by atoms with E-state index in [-0.39, 0.29) is 25.5 Å². The van der Waals surface area contributed by atoms with Gasteiger partial charge in [0.1, 0.15) is 12.4 Å². The Morgan fingerprint density at radius 3 is 2.62 bits per heavy atom. The molecule has 0 bridgehead atoms. The van der Waals surface area contributed by atoms with Crippen molar-refractivity contribution in [3.05, 3.63) is 47.8 Å². The Balaban J connectivity index is 1.73. The Morgan fingerprint density at radius 2 is 1.92 bits per heavy atom. The largest absolute Gasteiger partial charge is 0.493 e. The van der Waals surface area contributed by atoms with Crippen molar-refractivity contribution in [1.82, 2.24) is 10.3 Å². The van der Waals surface area contributed by atoms with Crippen LogP contribution >= 0.6 is 0 Å². The van der Waals surface area contributed by atoms with Gasteiger partial charge >= 0.3 is 0 Å². The molecule has 0 fully saturated rings. The molecule has 6 nitrogen and oxygen atoms in total. The van der Waals surface area contributed by atoms with Gasteiger partial charge in [-0.2, -0.15) is 0 Å². The number of nitrogens with zero attached hydrogens (tertiary/aromatic N) is 1. The van der Waals surface area contributed by atoms with E-state index in [2.05, 4.69) is 22.1 Å². The van der Waals surface area contributed by atoms with Gasteiger partial charge in [0.15, 0.2) is 11.5 Å². The summed E-state index contributed by atoms with van der Waals surface area (Å²) in [6.45, 7) is 2.42. The van der Waals surface area contributed by atoms with Crippen LogP contribution in [0.25, 0.3) is 0 Å². The van der Waals surface area contributed by atoms with Crippen molar-refractivity contribution in [3.8, 4) is 29.1 Å². The van der Waals surface area contributed by atoms with Crippen LogP contribution < -0.4 is 19.5 Å². The lowest BCUT2D eigenvalue weighted by molar-refractivity contribution is -0.120. The van der Waals surface area contributed by atoms with E-state index in [4.69, 9.17) is 14.2 Å². The molecule has 1 aromatic carbocycles. The van der Waals surface area contributed by atoms with Gasteiger partial charge in [0, 0.05) is 5.69 Å². The third-order valence-corrected chi connectivity index (χ3v) is 3.51. The standard InChI is InChI=1S/C20H22N2O4/c1-15-6-8-17(14-22-15)26-11-5-4-10-21-20(23)13-16-7-9-18(24-2)19(12-16)25-3/h6-9,12,14H,10-11,13H2,1-3H3,(H,21,23). The fourth-order valence-electron chi connectivity index (χ4n) is 2.15. The maximum atomic E-state index is 12.0. The zero-order valence-corrected chi connectivity index (χ0v) is 15.2. The number of aromatic nitrogens is 1. The Labute approximate surface area is 153 Å². The predicted octanol–water partition coefficient (Wildman–Crippen LogP) is 2.15. The van der Waals surface area contributed by atoms with E-state index in [0.717, 1.165) is 11.3 Å². The normalized spacial score (nSPS) is 9.65. The molecule has 0 atom stereocenters. The first kappa shape index (κ1) is 19.1. The van der Waals surface area contributed by atoms with Crippen LogP contribution in [0.4, 0.5) is 0 Å². The number of amides is 1. The van der Waals surface area contributed by atoms with Crippen LogP contribution in [0, 0.1) is 18.8 Å². The van der Waals surface area contributed by atoms with Crippen LogP contribution in [0.5, 0.6) is 17.2 Å². The molecule has 1 N–H and O–H groups in total. The number of ether oxygens (including phenoxy) is 3. The zero-order valence-electron chi connectivity index (χ0n) is 15.2. The van der Waals surface area contributed by atoms with E-state index in [1.807, 2.05) is 25.1 Å². The smallest absolute Gasteiger partial charge is 0.225 e. The molecule has 1 amide bonds. The van der Waals surface area contributed by atoms with Crippen LogP contribution in [0.1, 0.15) is 11.3 Å². The van der Waals surface area contributed by atoms with Crippen molar-refractivity contribution >= 4 is 5.91 Å². The molecule has 136 valence electrons. The molecule has 26 heavy (non-hydrogen) atoms. The topological polar surface area (TPSA) is 69.7 Å². The van der Waals surface area contributed by atoms with E-state index in [9.17, 15) is 4.79 Å². The van der Waals surface area contributed by atoms with Gasteiger partial charge in [0.2, 0.25) is 5.91 Å². The number of carbonyl (C=O) groups excluding carboxylic acids is 1. The summed E-state index contributed by atoms with van der Waals surface area (Å²) >= 11 is 0. The number of hydrogen-bond acceptors (Lipinski definition) is 5. The number of pyridine rings is 1. The predicted molar refractivity (Wildman–Crippen MR) is 98.5 cm³/mol. The van der Waals surface area contributed by atoms with Gasteiger partial charge in [-0.15, -0.1) is 0 Å². The minimum atomic E-state index is -0.116. The monoisotopic (exact) mass is 354 g/mol. The summed E-state index contributed by atoms with van der Waals surface area (Å²) in [5.74, 6) is 7.48. The molecule has 2 aromatic rings. The van der Waals surface area contributed by atoms with E-state index < -0.39 is 0 Å². The van der Waals surface area contributed by atoms with Gasteiger partial charge < -0.3 is 19.5 Å². The second-order valence-corrected chi connectivity index (χ2v) is 5.42. The van der Waals surface area contributed by atoms with E-state index in [1.165, 1.54) is 0 Å². The highest BCUT2D eigenvalue weighted by Crippen LogP contribution is 2.27. The fourth-order valence-corrected chi connectivity index (χ4v) is 2.15. The number of aryl methyl sites for hydroxylation is 1. The summed E-state index contributed by atoms with van der Waals surface area (Å²) in [5.41, 5.74) is 1.77. The maximum Gasteiger partial charge on any atom is 0.225 e. The van der Waals surface area contributed by atoms with E-state index in [1.54, 1.807) is 32.5 Å². The molecule has 1 aromatic heterocycles. The molecule has 0 saturated carbocycles. The van der Waals surface area contributed by atoms with Crippen molar-refractivity contribution in [2.45, 2.75) is 13.3 Å². The fraction of sp³-hybridized carbons (Fsp3) is 0.300. The second kappa shape index (κ2) is 9.94. The molecule has 0 radical (unpaired) electrons. The number of hydrogen-bond donors (Lipinski definition) is 1. The van der Waals surface area contributed by atoms with Crippen LogP contribution in [0.3, 0.4) is 0 Å². The lowest BCUT2D eigenvalue weighted by atomic mass is 10.1. The number of carbonyl (C=O) groups is 1. The molecule has 0 aliphatic rings. The minimum absolute atomic E-state index is 0.116. The van der Waals surface area contributed by atoms with Gasteiger partial charge in [0.05, 0.1) is 33.4 Å². The molecule has 2 rings (SSSR count). The first-order chi connectivity index (χ1) is 12.6. The van der Waals surface area contributed by atoms with Crippen LogP contribution in [-0.2, 0) is 11.2 Å². The van der Waals surface area contributed by atoms with Gasteiger partial charge in [-0.1, -0.05) is 17.9 Å². The summed E-state index contributed by atoms with van der Waals surface area (Å²) in [6.07, 6.45) is 1.90. The lowest BCUT2D eigenvalue weighted by Crippen LogP contribution is -2.25. The lowest BCUT2D eigenvalue weighted by Gasteiger charge is -2.09. The van der Waals surface area contributed by atoms with Crippen LogP contribution in [0.15, 0.2) is 36.5 Å². The Morgan fingerprint density at radius 1 is 1.12 bits per heavy atom. The maximum absolute atomic E-state index is 12.0. The number of rotatable bonds is 7. The molecule has 0 unspecified atom stereocenters. The highest BCUT2D eigenvalue weighted by molar-refractivity contribution is 5.79. The molecule has 6 heteroatoms. The molecule has 0 aliphatic carbocycles. The van der Waals surface area contributed by atoms with Crippen molar-refractivity contribution in [2.75, 3.05) is 27.4 Å². The molecular weight excluding hydrogens is 332 g/mol. The average molecular weight is 354 g/mol. The molecule has 1 heterocycles. The Kier molecular flexibility index (Phi) is 7.31. The van der Waals surface area contributed by atoms with Gasteiger partial charge in [-0.05, 0) is 36.8 Å². The highest BCUT2D eigenvalue weighted by atomic mass is 16.5. The van der Waals surface area contributed by atoms with Crippen molar-refractivity contribution < 1.29 is 19.0 Å². The Bertz CT molecular complexity index is 792. The highest BCUT2D eigenvalue weighted by Gasteiger charge is 2.07. The third kappa shape index (κ3) is 6.02. The summed E-state index contributed by atoms with van der Waals surface area (Å²) in [7, 11) is 3.13. The number of methoxy groups -OCH3 is 2. The molecule has 0 spiro atoms. The van der Waals surface area contributed by atoms with Gasteiger partial charge in [0.25, 0.3) is 0 Å². The van der Waals surface area contributed by atoms with Gasteiger partial charge in [-0.3, -0.25) is 9.78 Å². The summed E-state index contributed by atoms with van der Waals surface area (Å²) in [6, 6.07) is 9.11. The SMILES string of the molecule is COc1ccc(CC(=O)NCC#CCOc2ccc(C)nc2)cc1OC. The third-order valence-electron chi connectivity index (χ3n) is 3.51. The number of benzene rings is 1. The van der Waals surface area contributed by atoms with Crippen molar-refractivity contribution in [2.24, 2.45) is 0 Å². The van der Waals surface area contributed by atoms with E-state index in [0.29, 0.717) is 17.2 Å². The first-order valence-electron chi connectivity index (χ1n) is 8.11. The minimum Gasteiger partial charge on any atom is -0.493 e.